The fourth-order valence-corrected chi connectivity index (χ4v) is 3.09. The van der Waals surface area contributed by atoms with Crippen LogP contribution in [0, 0.1) is 5.92 Å². The first kappa shape index (κ1) is 16.8. The van der Waals surface area contributed by atoms with Crippen LogP contribution in [0.25, 0.3) is 0 Å². The lowest BCUT2D eigenvalue weighted by molar-refractivity contribution is -0.128. The molecule has 24 heavy (non-hydrogen) atoms. The molecule has 0 unspecified atom stereocenters. The summed E-state index contributed by atoms with van der Waals surface area (Å²) in [4.78, 5) is 26.3. The molecule has 6 heteroatoms. The fraction of sp³-hybridized carbons (Fsp3) is 0.222. The number of nitrogens with zero attached hydrogens (tertiary/aromatic N) is 1. The van der Waals surface area contributed by atoms with Crippen LogP contribution in [-0.2, 0) is 16.1 Å². The zero-order valence-corrected chi connectivity index (χ0v) is 14.3. The van der Waals surface area contributed by atoms with Gasteiger partial charge in [-0.3, -0.25) is 9.59 Å². The molecule has 0 aliphatic carbocycles. The predicted molar refractivity (Wildman–Crippen MR) is 95.1 cm³/mol. The van der Waals surface area contributed by atoms with Gasteiger partial charge in [0.05, 0.1) is 21.7 Å². The minimum atomic E-state index is -0.392. The summed E-state index contributed by atoms with van der Waals surface area (Å²) < 4.78 is 0. The van der Waals surface area contributed by atoms with E-state index in [4.69, 9.17) is 23.2 Å². The maximum atomic E-state index is 12.4. The number of carbonyl (C=O) groups excluding carboxylic acids is 2. The zero-order chi connectivity index (χ0) is 17.1. The van der Waals surface area contributed by atoms with E-state index in [1.54, 1.807) is 23.1 Å². The van der Waals surface area contributed by atoms with Crippen molar-refractivity contribution in [2.75, 3.05) is 11.9 Å². The SMILES string of the molecule is O=C(Nc1cccc(Cl)c1Cl)[C@H]1CC(=O)N(Cc2ccccc2)C1. The van der Waals surface area contributed by atoms with Crippen molar-refractivity contribution in [3.8, 4) is 0 Å². The molecule has 0 saturated carbocycles. The minimum absolute atomic E-state index is 0.0174. The Balaban J connectivity index is 1.64. The zero-order valence-electron chi connectivity index (χ0n) is 12.8. The molecule has 1 aliphatic rings. The lowest BCUT2D eigenvalue weighted by Gasteiger charge is -2.17. The number of rotatable bonds is 4. The number of likely N-dealkylation sites (tertiary alicyclic amines) is 1. The number of anilines is 1. The number of nitrogens with one attached hydrogen (secondary N) is 1. The number of benzene rings is 2. The largest absolute Gasteiger partial charge is 0.338 e. The van der Waals surface area contributed by atoms with E-state index >= 15 is 0 Å². The second kappa shape index (κ2) is 7.24. The Kier molecular flexibility index (Phi) is 5.07. The molecule has 1 atom stereocenters. The molecule has 0 bridgehead atoms. The van der Waals surface area contributed by atoms with Gasteiger partial charge >= 0.3 is 0 Å². The normalized spacial score (nSPS) is 17.2. The van der Waals surface area contributed by atoms with Crippen LogP contribution in [0.1, 0.15) is 12.0 Å². The Hall–Kier alpha value is -2.04. The molecule has 4 nitrogen and oxygen atoms in total. The summed E-state index contributed by atoms with van der Waals surface area (Å²) in [6, 6.07) is 14.8. The fourth-order valence-electron chi connectivity index (χ4n) is 2.74. The second-order valence-corrected chi connectivity index (χ2v) is 6.54. The highest BCUT2D eigenvalue weighted by Crippen LogP contribution is 2.30. The predicted octanol–water partition coefficient (Wildman–Crippen LogP) is 3.98. The van der Waals surface area contributed by atoms with Crippen molar-refractivity contribution in [2.24, 2.45) is 5.92 Å². The van der Waals surface area contributed by atoms with E-state index in [-0.39, 0.29) is 18.2 Å². The van der Waals surface area contributed by atoms with Gasteiger partial charge < -0.3 is 10.2 Å². The topological polar surface area (TPSA) is 49.4 Å². The van der Waals surface area contributed by atoms with E-state index in [0.717, 1.165) is 5.56 Å². The summed E-state index contributed by atoms with van der Waals surface area (Å²) in [6.07, 6.45) is 0.205. The Labute approximate surface area is 150 Å². The minimum Gasteiger partial charge on any atom is -0.338 e. The summed E-state index contributed by atoms with van der Waals surface area (Å²) >= 11 is 12.0. The van der Waals surface area contributed by atoms with Gasteiger partial charge in [-0.1, -0.05) is 59.6 Å². The summed E-state index contributed by atoms with van der Waals surface area (Å²) in [5.41, 5.74) is 1.51. The monoisotopic (exact) mass is 362 g/mol. The molecule has 1 fully saturated rings. The third-order valence-corrected chi connectivity index (χ3v) is 4.83. The third-order valence-electron chi connectivity index (χ3n) is 4.01. The van der Waals surface area contributed by atoms with Crippen LogP contribution in [0.5, 0.6) is 0 Å². The molecule has 0 spiro atoms. The molecule has 0 aromatic heterocycles. The highest BCUT2D eigenvalue weighted by atomic mass is 35.5. The molecule has 1 N–H and O–H groups in total. The second-order valence-electron chi connectivity index (χ2n) is 5.75. The van der Waals surface area contributed by atoms with Gasteiger partial charge in [0.1, 0.15) is 0 Å². The van der Waals surface area contributed by atoms with Gasteiger partial charge in [0.25, 0.3) is 0 Å². The Bertz CT molecular complexity index is 765. The van der Waals surface area contributed by atoms with Crippen molar-refractivity contribution in [3.63, 3.8) is 0 Å². The van der Waals surface area contributed by atoms with Gasteiger partial charge in [-0.25, -0.2) is 0 Å². The van der Waals surface area contributed by atoms with Crippen LogP contribution in [0.3, 0.4) is 0 Å². The van der Waals surface area contributed by atoms with Crippen molar-refractivity contribution in [3.05, 3.63) is 64.1 Å². The molecule has 2 aromatic carbocycles. The lowest BCUT2D eigenvalue weighted by atomic mass is 10.1. The quantitative estimate of drug-likeness (QED) is 0.893. The van der Waals surface area contributed by atoms with Crippen LogP contribution in [0.15, 0.2) is 48.5 Å². The summed E-state index contributed by atoms with van der Waals surface area (Å²) in [5, 5.41) is 3.44. The maximum Gasteiger partial charge on any atom is 0.229 e. The first-order valence-electron chi connectivity index (χ1n) is 7.61. The van der Waals surface area contributed by atoms with Crippen LogP contribution in [-0.4, -0.2) is 23.3 Å². The molecule has 2 aromatic rings. The molecule has 1 aliphatic heterocycles. The lowest BCUT2D eigenvalue weighted by Crippen LogP contribution is -2.28. The van der Waals surface area contributed by atoms with Gasteiger partial charge in [0.15, 0.2) is 0 Å². The average Bonchev–Trinajstić information content (AvgIpc) is 2.94. The van der Waals surface area contributed by atoms with Crippen molar-refractivity contribution < 1.29 is 9.59 Å². The van der Waals surface area contributed by atoms with Gasteiger partial charge in [-0.15, -0.1) is 0 Å². The van der Waals surface area contributed by atoms with Crippen molar-refractivity contribution in [1.29, 1.82) is 0 Å². The van der Waals surface area contributed by atoms with E-state index in [2.05, 4.69) is 5.32 Å². The third kappa shape index (κ3) is 3.71. The van der Waals surface area contributed by atoms with Crippen molar-refractivity contribution in [2.45, 2.75) is 13.0 Å². The molecule has 1 heterocycles. The molecule has 1 saturated heterocycles. The first-order chi connectivity index (χ1) is 11.5. The Morgan fingerprint density at radius 2 is 1.88 bits per heavy atom. The molecule has 3 rings (SSSR count). The van der Waals surface area contributed by atoms with Gasteiger partial charge in [0, 0.05) is 19.5 Å². The van der Waals surface area contributed by atoms with Crippen molar-refractivity contribution in [1.82, 2.24) is 4.90 Å². The number of amides is 2. The summed E-state index contributed by atoms with van der Waals surface area (Å²) in [7, 11) is 0. The number of hydrogen-bond donors (Lipinski definition) is 1. The Morgan fingerprint density at radius 1 is 1.12 bits per heavy atom. The molecule has 124 valence electrons. The average molecular weight is 363 g/mol. The number of carbonyl (C=O) groups is 2. The number of hydrogen-bond acceptors (Lipinski definition) is 2. The van der Waals surface area contributed by atoms with Crippen LogP contribution in [0.2, 0.25) is 10.0 Å². The van der Waals surface area contributed by atoms with E-state index < -0.39 is 5.92 Å². The van der Waals surface area contributed by atoms with Crippen LogP contribution < -0.4 is 5.32 Å². The van der Waals surface area contributed by atoms with Crippen molar-refractivity contribution >= 4 is 40.7 Å². The van der Waals surface area contributed by atoms with E-state index in [0.29, 0.717) is 28.8 Å². The van der Waals surface area contributed by atoms with Crippen LogP contribution in [0.4, 0.5) is 5.69 Å². The highest BCUT2D eigenvalue weighted by molar-refractivity contribution is 6.44. The standard InChI is InChI=1S/C18H16Cl2N2O2/c19-14-7-4-8-15(17(14)20)21-18(24)13-9-16(23)22(11-13)10-12-5-2-1-3-6-12/h1-8,13H,9-11H2,(H,21,24)/t13-/m0/s1. The highest BCUT2D eigenvalue weighted by Gasteiger charge is 2.34. The maximum absolute atomic E-state index is 12.4. The van der Waals surface area contributed by atoms with E-state index in [1.165, 1.54) is 0 Å². The molecule has 0 radical (unpaired) electrons. The first-order valence-corrected chi connectivity index (χ1v) is 8.37. The Morgan fingerprint density at radius 3 is 2.62 bits per heavy atom. The summed E-state index contributed by atoms with van der Waals surface area (Å²) in [5.74, 6) is -0.629. The molecule has 2 amide bonds. The smallest absolute Gasteiger partial charge is 0.229 e. The van der Waals surface area contributed by atoms with Gasteiger partial charge in [-0.2, -0.15) is 0 Å². The van der Waals surface area contributed by atoms with Gasteiger partial charge in [-0.05, 0) is 17.7 Å². The van der Waals surface area contributed by atoms with E-state index in [9.17, 15) is 9.59 Å². The summed E-state index contributed by atoms with van der Waals surface area (Å²) in [6.45, 7) is 0.916. The van der Waals surface area contributed by atoms with Gasteiger partial charge in [0.2, 0.25) is 11.8 Å². The van der Waals surface area contributed by atoms with Crippen LogP contribution >= 0.6 is 23.2 Å². The molecular weight excluding hydrogens is 347 g/mol. The number of halogens is 2. The molecular formula is C18H16Cl2N2O2. The van der Waals surface area contributed by atoms with E-state index in [1.807, 2.05) is 30.3 Å².